The molecule has 106 valence electrons. The summed E-state index contributed by atoms with van der Waals surface area (Å²) in [6, 6.07) is 9.86. The van der Waals surface area contributed by atoms with Gasteiger partial charge in [0.1, 0.15) is 10.7 Å². The number of nitrogens with zero attached hydrogens (tertiary/aromatic N) is 2. The fraction of sp³-hybridized carbons (Fsp3) is 0.125. The number of thiazole rings is 1. The average molecular weight is 298 g/mol. The van der Waals surface area contributed by atoms with Crippen molar-refractivity contribution in [2.75, 3.05) is 0 Å². The first-order valence-electron chi connectivity index (χ1n) is 6.47. The lowest BCUT2D eigenvalue weighted by atomic mass is 10.1. The lowest BCUT2D eigenvalue weighted by molar-refractivity contribution is 0.0686. The molecule has 2 heterocycles. The van der Waals surface area contributed by atoms with Gasteiger partial charge in [0.2, 0.25) is 0 Å². The number of carboxylic acids is 1. The van der Waals surface area contributed by atoms with Gasteiger partial charge in [-0.25, -0.2) is 9.78 Å². The number of rotatable bonds is 3. The van der Waals surface area contributed by atoms with Crippen LogP contribution in [0.2, 0.25) is 0 Å². The van der Waals surface area contributed by atoms with Crippen molar-refractivity contribution in [3.8, 4) is 21.8 Å². The van der Waals surface area contributed by atoms with E-state index in [1.54, 1.807) is 35.2 Å². The van der Waals surface area contributed by atoms with Crippen LogP contribution in [0.25, 0.3) is 21.8 Å². The molecule has 3 aromatic rings. The number of hydrogen-bond acceptors (Lipinski definition) is 3. The normalized spacial score (nSPS) is 10.8. The fourth-order valence-corrected chi connectivity index (χ4v) is 2.99. The molecule has 0 fully saturated rings. The number of carbonyl (C=O) groups is 1. The minimum Gasteiger partial charge on any atom is -0.477 e. The van der Waals surface area contributed by atoms with Crippen molar-refractivity contribution in [1.82, 2.24) is 9.55 Å². The fourth-order valence-electron chi connectivity index (χ4n) is 2.15. The van der Waals surface area contributed by atoms with E-state index < -0.39 is 5.97 Å². The van der Waals surface area contributed by atoms with Gasteiger partial charge in [-0.3, -0.25) is 0 Å². The van der Waals surface area contributed by atoms with Crippen LogP contribution < -0.4 is 0 Å². The molecule has 0 saturated heterocycles. The van der Waals surface area contributed by atoms with E-state index in [4.69, 9.17) is 5.11 Å². The van der Waals surface area contributed by atoms with Crippen LogP contribution >= 0.6 is 11.3 Å². The number of aryl methyl sites for hydroxylation is 2. The Labute approximate surface area is 126 Å². The van der Waals surface area contributed by atoms with Crippen molar-refractivity contribution < 1.29 is 9.90 Å². The summed E-state index contributed by atoms with van der Waals surface area (Å²) in [5.41, 5.74) is 4.18. The Bertz CT molecular complexity index is 800. The molecule has 0 saturated carbocycles. The van der Waals surface area contributed by atoms with E-state index in [-0.39, 0.29) is 5.69 Å². The van der Waals surface area contributed by atoms with Crippen LogP contribution in [-0.4, -0.2) is 20.6 Å². The van der Waals surface area contributed by atoms with Gasteiger partial charge in [0, 0.05) is 29.8 Å². The third kappa shape index (κ3) is 2.60. The first-order valence-corrected chi connectivity index (χ1v) is 7.35. The monoisotopic (exact) mass is 298 g/mol. The van der Waals surface area contributed by atoms with Gasteiger partial charge in [-0.1, -0.05) is 29.8 Å². The molecule has 0 bridgehead atoms. The van der Waals surface area contributed by atoms with Crippen molar-refractivity contribution in [1.29, 1.82) is 0 Å². The van der Waals surface area contributed by atoms with Crippen LogP contribution in [-0.2, 0) is 7.05 Å². The van der Waals surface area contributed by atoms with E-state index >= 15 is 0 Å². The highest BCUT2D eigenvalue weighted by Gasteiger charge is 2.13. The Morgan fingerprint density at radius 1 is 1.24 bits per heavy atom. The summed E-state index contributed by atoms with van der Waals surface area (Å²) in [6.07, 6.45) is 1.79. The third-order valence-electron chi connectivity index (χ3n) is 3.32. The summed E-state index contributed by atoms with van der Waals surface area (Å²) in [7, 11) is 1.72. The standard InChI is InChI=1S/C16H14N2O2S/c1-10-3-5-11(6-4-10)15-17-13(9-21-15)12-7-14(16(19)20)18(2)8-12/h3-9H,1-2H3,(H,19,20). The van der Waals surface area contributed by atoms with E-state index in [1.165, 1.54) is 5.56 Å². The SMILES string of the molecule is Cc1ccc(-c2nc(-c3cc(C(=O)O)n(C)c3)cs2)cc1. The van der Waals surface area contributed by atoms with Crippen LogP contribution in [0.4, 0.5) is 0 Å². The molecule has 0 atom stereocenters. The smallest absolute Gasteiger partial charge is 0.352 e. The first-order chi connectivity index (χ1) is 10.0. The topological polar surface area (TPSA) is 55.1 Å². The summed E-state index contributed by atoms with van der Waals surface area (Å²) in [5, 5.41) is 12.0. The van der Waals surface area contributed by atoms with Crippen LogP contribution in [0, 0.1) is 6.92 Å². The quantitative estimate of drug-likeness (QED) is 0.799. The molecule has 0 radical (unpaired) electrons. The van der Waals surface area contributed by atoms with Crippen LogP contribution in [0.3, 0.4) is 0 Å². The first kappa shape index (κ1) is 13.6. The van der Waals surface area contributed by atoms with Crippen molar-refractivity contribution in [3.63, 3.8) is 0 Å². The second-order valence-electron chi connectivity index (χ2n) is 4.93. The van der Waals surface area contributed by atoms with E-state index in [0.29, 0.717) is 0 Å². The summed E-state index contributed by atoms with van der Waals surface area (Å²) >= 11 is 1.56. The molecule has 1 aromatic carbocycles. The van der Waals surface area contributed by atoms with Gasteiger partial charge in [-0.15, -0.1) is 11.3 Å². The maximum Gasteiger partial charge on any atom is 0.352 e. The Kier molecular flexibility index (Phi) is 3.35. The Hall–Kier alpha value is -2.40. The van der Waals surface area contributed by atoms with Crippen LogP contribution in [0.15, 0.2) is 41.9 Å². The van der Waals surface area contributed by atoms with E-state index in [9.17, 15) is 4.79 Å². The Morgan fingerprint density at radius 2 is 1.95 bits per heavy atom. The number of aromatic carboxylic acids is 1. The van der Waals surface area contributed by atoms with Gasteiger partial charge in [0.25, 0.3) is 0 Å². The highest BCUT2D eigenvalue weighted by Crippen LogP contribution is 2.29. The van der Waals surface area contributed by atoms with E-state index in [0.717, 1.165) is 21.8 Å². The summed E-state index contributed by atoms with van der Waals surface area (Å²) in [4.78, 5) is 15.7. The number of benzene rings is 1. The largest absolute Gasteiger partial charge is 0.477 e. The minimum absolute atomic E-state index is 0.259. The van der Waals surface area contributed by atoms with Gasteiger partial charge in [0.05, 0.1) is 5.69 Å². The molecule has 2 aromatic heterocycles. The average Bonchev–Trinajstić information content (AvgIpc) is 3.06. The number of carboxylic acid groups (broad SMARTS) is 1. The molecule has 4 nitrogen and oxygen atoms in total. The van der Waals surface area contributed by atoms with Crippen molar-refractivity contribution in [3.05, 3.63) is 53.2 Å². The highest BCUT2D eigenvalue weighted by atomic mass is 32.1. The summed E-state index contributed by atoms with van der Waals surface area (Å²) in [6.45, 7) is 2.05. The lowest BCUT2D eigenvalue weighted by Gasteiger charge is -1.96. The molecule has 5 heteroatoms. The van der Waals surface area contributed by atoms with Gasteiger partial charge in [-0.2, -0.15) is 0 Å². The predicted octanol–water partition coefficient (Wildman–Crippen LogP) is 3.82. The van der Waals surface area contributed by atoms with Crippen molar-refractivity contribution >= 4 is 17.3 Å². The Morgan fingerprint density at radius 3 is 2.57 bits per heavy atom. The molecule has 0 aliphatic heterocycles. The molecule has 0 unspecified atom stereocenters. The predicted molar refractivity (Wildman–Crippen MR) is 83.7 cm³/mol. The van der Waals surface area contributed by atoms with Crippen LogP contribution in [0.1, 0.15) is 16.1 Å². The van der Waals surface area contributed by atoms with Gasteiger partial charge >= 0.3 is 5.97 Å². The van der Waals surface area contributed by atoms with Gasteiger partial charge in [-0.05, 0) is 13.0 Å². The van der Waals surface area contributed by atoms with Gasteiger partial charge in [0.15, 0.2) is 0 Å². The van der Waals surface area contributed by atoms with E-state index in [1.807, 2.05) is 17.5 Å². The van der Waals surface area contributed by atoms with Gasteiger partial charge < -0.3 is 9.67 Å². The molecule has 1 N–H and O–H groups in total. The maximum atomic E-state index is 11.1. The zero-order valence-electron chi connectivity index (χ0n) is 11.7. The molecule has 3 rings (SSSR count). The molecular weight excluding hydrogens is 284 g/mol. The molecule has 0 amide bonds. The van der Waals surface area contributed by atoms with Crippen LogP contribution in [0.5, 0.6) is 0 Å². The molecule has 0 aliphatic rings. The summed E-state index contributed by atoms with van der Waals surface area (Å²) < 4.78 is 1.60. The zero-order valence-corrected chi connectivity index (χ0v) is 12.5. The van der Waals surface area contributed by atoms with E-state index in [2.05, 4.69) is 24.0 Å². The molecule has 0 aliphatic carbocycles. The molecule has 21 heavy (non-hydrogen) atoms. The maximum absolute atomic E-state index is 11.1. The minimum atomic E-state index is -0.933. The number of hydrogen-bond donors (Lipinski definition) is 1. The molecule has 0 spiro atoms. The Balaban J connectivity index is 1.96. The second-order valence-corrected chi connectivity index (χ2v) is 5.79. The second kappa shape index (κ2) is 5.18. The highest BCUT2D eigenvalue weighted by molar-refractivity contribution is 7.13. The summed E-state index contributed by atoms with van der Waals surface area (Å²) in [5.74, 6) is -0.933. The van der Waals surface area contributed by atoms with Crippen molar-refractivity contribution in [2.45, 2.75) is 6.92 Å². The third-order valence-corrected chi connectivity index (χ3v) is 4.21. The zero-order chi connectivity index (χ0) is 15.0. The number of aromatic nitrogens is 2. The lowest BCUT2D eigenvalue weighted by Crippen LogP contribution is -2.02. The molecular formula is C16H14N2O2S. The van der Waals surface area contributed by atoms with Crippen molar-refractivity contribution in [2.24, 2.45) is 7.05 Å².